The van der Waals surface area contributed by atoms with E-state index in [1.165, 1.54) is 0 Å². The highest BCUT2D eigenvalue weighted by atomic mass is 16.2. The molecule has 1 aromatic heterocycles. The number of aromatic nitrogens is 1. The van der Waals surface area contributed by atoms with Gasteiger partial charge in [-0.05, 0) is 38.8 Å². The molecule has 98 valence electrons. The van der Waals surface area contributed by atoms with Crippen LogP contribution in [0, 0.1) is 0 Å². The Morgan fingerprint density at radius 3 is 2.83 bits per heavy atom. The molecule has 1 aliphatic rings. The lowest BCUT2D eigenvalue weighted by Gasteiger charge is -2.30. The zero-order chi connectivity index (χ0) is 13.2. The zero-order valence-electron chi connectivity index (χ0n) is 11.0. The van der Waals surface area contributed by atoms with Crippen molar-refractivity contribution in [3.63, 3.8) is 0 Å². The van der Waals surface area contributed by atoms with Crippen LogP contribution in [0.2, 0.25) is 0 Å². The predicted molar refractivity (Wildman–Crippen MR) is 69.1 cm³/mol. The van der Waals surface area contributed by atoms with Gasteiger partial charge in [-0.3, -0.25) is 9.59 Å². The maximum absolute atomic E-state index is 12.1. The summed E-state index contributed by atoms with van der Waals surface area (Å²) in [6.07, 6.45) is 4.59. The van der Waals surface area contributed by atoms with Crippen molar-refractivity contribution < 1.29 is 9.59 Å². The highest BCUT2D eigenvalue weighted by Crippen LogP contribution is 2.26. The van der Waals surface area contributed by atoms with Gasteiger partial charge in [-0.25, -0.2) is 0 Å². The van der Waals surface area contributed by atoms with Gasteiger partial charge in [0.15, 0.2) is 5.78 Å². The van der Waals surface area contributed by atoms with Gasteiger partial charge < -0.3 is 9.88 Å². The summed E-state index contributed by atoms with van der Waals surface area (Å²) in [7, 11) is 0. The van der Waals surface area contributed by atoms with Gasteiger partial charge >= 0.3 is 0 Å². The summed E-state index contributed by atoms with van der Waals surface area (Å²) in [6, 6.07) is 3.98. The van der Waals surface area contributed by atoms with Crippen LogP contribution < -0.4 is 0 Å². The van der Waals surface area contributed by atoms with Crippen LogP contribution in [0.4, 0.5) is 0 Å². The largest absolute Gasteiger partial charge is 0.365 e. The lowest BCUT2D eigenvalue weighted by molar-refractivity contribution is -0.138. The summed E-state index contributed by atoms with van der Waals surface area (Å²) >= 11 is 0. The van der Waals surface area contributed by atoms with Crippen LogP contribution in [0.3, 0.4) is 0 Å². The number of nitrogens with one attached hydrogen (secondary N) is 1. The quantitative estimate of drug-likeness (QED) is 0.885. The van der Waals surface area contributed by atoms with Crippen LogP contribution in [-0.2, 0) is 16.0 Å². The van der Waals surface area contributed by atoms with Crippen molar-refractivity contribution in [2.45, 2.75) is 45.1 Å². The number of H-pyrrole nitrogens is 1. The SMILES string of the molecule is CC1(C)C(=O)CCN1C(=O)CCCc1ccc[nH]1. The minimum Gasteiger partial charge on any atom is -0.365 e. The van der Waals surface area contributed by atoms with E-state index >= 15 is 0 Å². The fourth-order valence-corrected chi connectivity index (χ4v) is 2.47. The Bertz CT molecular complexity index is 435. The number of hydrogen-bond donors (Lipinski definition) is 1. The Labute approximate surface area is 107 Å². The van der Waals surface area contributed by atoms with Crippen LogP contribution in [0.5, 0.6) is 0 Å². The Morgan fingerprint density at radius 1 is 1.50 bits per heavy atom. The molecule has 4 nitrogen and oxygen atoms in total. The predicted octanol–water partition coefficient (Wildman–Crippen LogP) is 1.92. The van der Waals surface area contributed by atoms with Gasteiger partial charge in [0.2, 0.25) is 5.91 Å². The number of nitrogens with zero attached hydrogens (tertiary/aromatic N) is 1. The van der Waals surface area contributed by atoms with E-state index in [1.807, 2.05) is 32.2 Å². The highest BCUT2D eigenvalue weighted by molar-refractivity contribution is 5.95. The van der Waals surface area contributed by atoms with Gasteiger partial charge in [0, 0.05) is 31.3 Å². The molecule has 1 saturated heterocycles. The van der Waals surface area contributed by atoms with Crippen molar-refractivity contribution in [3.8, 4) is 0 Å². The van der Waals surface area contributed by atoms with Gasteiger partial charge in [0.1, 0.15) is 0 Å². The third kappa shape index (κ3) is 2.47. The first-order valence-corrected chi connectivity index (χ1v) is 6.48. The number of carbonyl (C=O) groups is 2. The van der Waals surface area contributed by atoms with Gasteiger partial charge in [-0.1, -0.05) is 0 Å². The molecule has 1 fully saturated rings. The molecule has 0 bridgehead atoms. The summed E-state index contributed by atoms with van der Waals surface area (Å²) in [4.78, 5) is 28.6. The first-order valence-electron chi connectivity index (χ1n) is 6.48. The van der Waals surface area contributed by atoms with Gasteiger partial charge in [-0.2, -0.15) is 0 Å². The minimum absolute atomic E-state index is 0.0948. The maximum atomic E-state index is 12.1. The molecule has 0 aromatic carbocycles. The van der Waals surface area contributed by atoms with Gasteiger partial charge in [-0.15, -0.1) is 0 Å². The highest BCUT2D eigenvalue weighted by Gasteiger charge is 2.42. The molecule has 0 aliphatic carbocycles. The number of rotatable bonds is 4. The average Bonchev–Trinajstić information content (AvgIpc) is 2.89. The average molecular weight is 248 g/mol. The lowest BCUT2D eigenvalue weighted by Crippen LogP contribution is -2.46. The molecule has 4 heteroatoms. The number of aryl methyl sites for hydroxylation is 1. The first kappa shape index (κ1) is 12.9. The smallest absolute Gasteiger partial charge is 0.223 e. The Morgan fingerprint density at radius 2 is 2.28 bits per heavy atom. The number of likely N-dealkylation sites (tertiary alicyclic amines) is 1. The molecule has 0 saturated carbocycles. The molecule has 1 N–H and O–H groups in total. The Kier molecular flexibility index (Phi) is 3.55. The van der Waals surface area contributed by atoms with Crippen LogP contribution in [0.15, 0.2) is 18.3 Å². The second kappa shape index (κ2) is 4.96. The molecular formula is C14H20N2O2. The molecule has 2 heterocycles. The fraction of sp³-hybridized carbons (Fsp3) is 0.571. The zero-order valence-corrected chi connectivity index (χ0v) is 11.0. The van der Waals surface area contributed by atoms with E-state index in [0.717, 1.165) is 18.5 Å². The standard InChI is InChI=1S/C14H20N2O2/c1-14(2)12(17)8-10-16(14)13(18)7-3-5-11-6-4-9-15-11/h4,6,9,15H,3,5,7-8,10H2,1-2H3. The van der Waals surface area contributed by atoms with Crippen LogP contribution >= 0.6 is 0 Å². The van der Waals surface area contributed by atoms with E-state index in [2.05, 4.69) is 4.98 Å². The van der Waals surface area contributed by atoms with Crippen LogP contribution in [0.25, 0.3) is 0 Å². The van der Waals surface area contributed by atoms with E-state index < -0.39 is 5.54 Å². The molecule has 0 spiro atoms. The van der Waals surface area contributed by atoms with E-state index in [-0.39, 0.29) is 11.7 Å². The second-order valence-corrected chi connectivity index (χ2v) is 5.33. The molecule has 0 unspecified atom stereocenters. The van der Waals surface area contributed by atoms with Crippen molar-refractivity contribution in [3.05, 3.63) is 24.0 Å². The third-order valence-electron chi connectivity index (χ3n) is 3.72. The number of hydrogen-bond acceptors (Lipinski definition) is 2. The summed E-state index contributed by atoms with van der Waals surface area (Å²) in [5, 5.41) is 0. The number of Topliss-reactive ketones (excluding diaryl/α,β-unsaturated/α-hetero) is 1. The van der Waals surface area contributed by atoms with Crippen molar-refractivity contribution in [1.29, 1.82) is 0 Å². The molecule has 1 aromatic rings. The molecule has 0 atom stereocenters. The van der Waals surface area contributed by atoms with E-state index in [9.17, 15) is 9.59 Å². The van der Waals surface area contributed by atoms with Crippen molar-refractivity contribution in [1.82, 2.24) is 9.88 Å². The van der Waals surface area contributed by atoms with Crippen molar-refractivity contribution in [2.24, 2.45) is 0 Å². The molecular weight excluding hydrogens is 228 g/mol. The van der Waals surface area contributed by atoms with Crippen LogP contribution in [0.1, 0.15) is 38.8 Å². The van der Waals surface area contributed by atoms with E-state index in [0.29, 0.717) is 19.4 Å². The molecule has 18 heavy (non-hydrogen) atoms. The normalized spacial score (nSPS) is 18.3. The van der Waals surface area contributed by atoms with Gasteiger partial charge in [0.05, 0.1) is 5.54 Å². The Hall–Kier alpha value is -1.58. The molecule has 2 rings (SSSR count). The van der Waals surface area contributed by atoms with Crippen LogP contribution in [-0.4, -0.2) is 33.7 Å². The van der Waals surface area contributed by atoms with Crippen molar-refractivity contribution >= 4 is 11.7 Å². The molecule has 1 amide bonds. The minimum atomic E-state index is -0.608. The number of carbonyl (C=O) groups excluding carboxylic acids is 2. The number of ketones is 1. The first-order chi connectivity index (χ1) is 8.51. The number of aromatic amines is 1. The third-order valence-corrected chi connectivity index (χ3v) is 3.72. The summed E-state index contributed by atoms with van der Waals surface area (Å²) in [5.41, 5.74) is 0.545. The monoisotopic (exact) mass is 248 g/mol. The molecule has 0 radical (unpaired) electrons. The van der Waals surface area contributed by atoms with E-state index in [1.54, 1.807) is 4.90 Å². The topological polar surface area (TPSA) is 53.2 Å². The summed E-state index contributed by atoms with van der Waals surface area (Å²) in [5.74, 6) is 0.262. The lowest BCUT2D eigenvalue weighted by atomic mass is 10.00. The van der Waals surface area contributed by atoms with Gasteiger partial charge in [0.25, 0.3) is 0 Å². The van der Waals surface area contributed by atoms with Crippen molar-refractivity contribution in [2.75, 3.05) is 6.54 Å². The summed E-state index contributed by atoms with van der Waals surface area (Å²) < 4.78 is 0. The second-order valence-electron chi connectivity index (χ2n) is 5.33. The fourth-order valence-electron chi connectivity index (χ4n) is 2.47. The number of amides is 1. The van der Waals surface area contributed by atoms with E-state index in [4.69, 9.17) is 0 Å². The summed E-state index contributed by atoms with van der Waals surface area (Å²) in [6.45, 7) is 4.25. The maximum Gasteiger partial charge on any atom is 0.223 e. The Balaban J connectivity index is 1.83. The molecule has 1 aliphatic heterocycles.